The number of benzene rings is 1. The molecule has 0 aliphatic heterocycles. The molecule has 0 saturated carbocycles. The largest absolute Gasteiger partial charge is 0.207 e. The summed E-state index contributed by atoms with van der Waals surface area (Å²) in [6.45, 7) is 6.62. The Morgan fingerprint density at radius 3 is 2.00 bits per heavy atom. The highest BCUT2D eigenvalue weighted by atomic mass is 35.5. The van der Waals surface area contributed by atoms with Crippen molar-refractivity contribution in [2.24, 2.45) is 0 Å². The van der Waals surface area contributed by atoms with Crippen molar-refractivity contribution in [2.75, 3.05) is 0 Å². The van der Waals surface area contributed by atoms with Gasteiger partial charge in [0.2, 0.25) is 0 Å². The van der Waals surface area contributed by atoms with E-state index in [1.807, 2.05) is 12.1 Å². The van der Waals surface area contributed by atoms with Crippen LogP contribution in [0.5, 0.6) is 0 Å². The van der Waals surface area contributed by atoms with Crippen LogP contribution in [0, 0.1) is 5.82 Å². The van der Waals surface area contributed by atoms with E-state index in [0.717, 1.165) is 18.4 Å². The summed E-state index contributed by atoms with van der Waals surface area (Å²) in [5.74, 6) is -0.145. The van der Waals surface area contributed by atoms with Crippen LogP contribution in [0.3, 0.4) is 0 Å². The van der Waals surface area contributed by atoms with E-state index < -0.39 is 0 Å². The van der Waals surface area contributed by atoms with E-state index in [0.29, 0.717) is 5.02 Å². The highest BCUT2D eigenvalue weighted by Gasteiger charge is 2.28. The van der Waals surface area contributed by atoms with Crippen LogP contribution in [-0.4, -0.2) is 0 Å². The lowest BCUT2D eigenvalue weighted by Gasteiger charge is -2.31. The standard InChI is InChI=1S/C18H28ClF/c1-4-6-8-12-18(3,13-9-7-5-2)16-11-10-15(19)14-17(16)20/h10-11,14H,4-9,12-13H2,1-3H3. The zero-order valence-electron chi connectivity index (χ0n) is 13.1. The van der Waals surface area contributed by atoms with Gasteiger partial charge in [0.1, 0.15) is 5.82 Å². The highest BCUT2D eigenvalue weighted by Crippen LogP contribution is 2.37. The molecule has 0 aliphatic rings. The molecule has 1 aromatic rings. The lowest BCUT2D eigenvalue weighted by atomic mass is 9.74. The molecule has 0 radical (unpaired) electrons. The number of halogens is 2. The molecular weight excluding hydrogens is 271 g/mol. The molecule has 0 heterocycles. The molecule has 0 saturated heterocycles. The first-order valence-corrected chi connectivity index (χ1v) is 8.37. The SMILES string of the molecule is CCCCCC(C)(CCCCC)c1ccc(Cl)cc1F. The minimum Gasteiger partial charge on any atom is -0.207 e. The fourth-order valence-electron chi connectivity index (χ4n) is 2.90. The molecule has 1 aromatic carbocycles. The third-order valence-electron chi connectivity index (χ3n) is 4.25. The van der Waals surface area contributed by atoms with Gasteiger partial charge in [0.25, 0.3) is 0 Å². The van der Waals surface area contributed by atoms with E-state index in [1.165, 1.54) is 44.6 Å². The minimum atomic E-state index is -0.145. The second kappa shape index (κ2) is 8.67. The summed E-state index contributed by atoms with van der Waals surface area (Å²) in [6.07, 6.45) is 9.30. The average molecular weight is 299 g/mol. The second-order valence-corrected chi connectivity index (χ2v) is 6.54. The summed E-state index contributed by atoms with van der Waals surface area (Å²) >= 11 is 5.88. The first kappa shape index (κ1) is 17.5. The third kappa shape index (κ3) is 5.09. The van der Waals surface area contributed by atoms with Crippen molar-refractivity contribution in [3.05, 3.63) is 34.6 Å². The summed E-state index contributed by atoms with van der Waals surface area (Å²) in [4.78, 5) is 0. The predicted octanol–water partition coefficient (Wildman–Crippen LogP) is 6.90. The summed E-state index contributed by atoms with van der Waals surface area (Å²) in [7, 11) is 0. The van der Waals surface area contributed by atoms with Gasteiger partial charge in [0.05, 0.1) is 0 Å². The Balaban J connectivity index is 2.89. The molecule has 114 valence electrons. The summed E-state index contributed by atoms with van der Waals surface area (Å²) in [5.41, 5.74) is 0.785. The molecule has 0 fully saturated rings. The Morgan fingerprint density at radius 2 is 1.55 bits per heavy atom. The van der Waals surface area contributed by atoms with Gasteiger partial charge >= 0.3 is 0 Å². The topological polar surface area (TPSA) is 0 Å². The molecule has 0 unspecified atom stereocenters. The molecule has 0 bridgehead atoms. The molecule has 1 rings (SSSR count). The summed E-state index contributed by atoms with van der Waals surface area (Å²) in [5, 5.41) is 0.482. The van der Waals surface area contributed by atoms with E-state index >= 15 is 0 Å². The van der Waals surface area contributed by atoms with Crippen molar-refractivity contribution in [3.8, 4) is 0 Å². The van der Waals surface area contributed by atoms with Gasteiger partial charge in [0, 0.05) is 5.02 Å². The maximum atomic E-state index is 14.3. The first-order valence-electron chi connectivity index (χ1n) is 7.99. The Kier molecular flexibility index (Phi) is 7.58. The van der Waals surface area contributed by atoms with E-state index in [-0.39, 0.29) is 11.2 Å². The normalized spacial score (nSPS) is 11.8. The molecule has 20 heavy (non-hydrogen) atoms. The third-order valence-corrected chi connectivity index (χ3v) is 4.48. The molecule has 2 heteroatoms. The highest BCUT2D eigenvalue weighted by molar-refractivity contribution is 6.30. The van der Waals surface area contributed by atoms with Crippen LogP contribution in [0.15, 0.2) is 18.2 Å². The Hall–Kier alpha value is -0.560. The monoisotopic (exact) mass is 298 g/mol. The summed E-state index contributed by atoms with van der Waals surface area (Å²) < 4.78 is 14.3. The van der Waals surface area contributed by atoms with Gasteiger partial charge in [0.15, 0.2) is 0 Å². The van der Waals surface area contributed by atoms with Gasteiger partial charge in [-0.05, 0) is 36.0 Å². The maximum absolute atomic E-state index is 14.3. The molecule has 0 atom stereocenters. The maximum Gasteiger partial charge on any atom is 0.128 e. The number of rotatable bonds is 9. The number of hydrogen-bond acceptors (Lipinski definition) is 0. The van der Waals surface area contributed by atoms with Gasteiger partial charge in [-0.1, -0.05) is 77.0 Å². The Labute approximate surface area is 128 Å². The van der Waals surface area contributed by atoms with Gasteiger partial charge < -0.3 is 0 Å². The summed E-state index contributed by atoms with van der Waals surface area (Å²) in [6, 6.07) is 5.15. The van der Waals surface area contributed by atoms with Gasteiger partial charge in [-0.2, -0.15) is 0 Å². The molecule has 0 N–H and O–H groups in total. The van der Waals surface area contributed by atoms with E-state index in [1.54, 1.807) is 0 Å². The Bertz CT molecular complexity index is 390. The van der Waals surface area contributed by atoms with Gasteiger partial charge in [-0.25, -0.2) is 4.39 Å². The van der Waals surface area contributed by atoms with Crippen molar-refractivity contribution >= 4 is 11.6 Å². The van der Waals surface area contributed by atoms with Crippen LogP contribution in [0.25, 0.3) is 0 Å². The van der Waals surface area contributed by atoms with Crippen LogP contribution < -0.4 is 0 Å². The average Bonchev–Trinajstić information content (AvgIpc) is 2.39. The molecule has 0 nitrogen and oxygen atoms in total. The first-order chi connectivity index (χ1) is 9.53. The lowest BCUT2D eigenvalue weighted by Crippen LogP contribution is -2.23. The molecule has 0 spiro atoms. The van der Waals surface area contributed by atoms with Crippen molar-refractivity contribution in [1.29, 1.82) is 0 Å². The molecule has 0 aromatic heterocycles. The zero-order valence-corrected chi connectivity index (χ0v) is 13.9. The van der Waals surface area contributed by atoms with Crippen LogP contribution in [-0.2, 0) is 5.41 Å². The smallest absolute Gasteiger partial charge is 0.128 e. The van der Waals surface area contributed by atoms with Crippen molar-refractivity contribution in [2.45, 2.75) is 77.6 Å². The van der Waals surface area contributed by atoms with Crippen LogP contribution in [0.2, 0.25) is 5.02 Å². The van der Waals surface area contributed by atoms with Crippen LogP contribution in [0.1, 0.15) is 77.7 Å². The molecule has 0 amide bonds. The molecule has 0 aliphatic carbocycles. The molecular formula is C18H28ClF. The van der Waals surface area contributed by atoms with E-state index in [9.17, 15) is 4.39 Å². The lowest BCUT2D eigenvalue weighted by molar-refractivity contribution is 0.354. The van der Waals surface area contributed by atoms with Crippen molar-refractivity contribution in [1.82, 2.24) is 0 Å². The van der Waals surface area contributed by atoms with E-state index in [2.05, 4.69) is 20.8 Å². The minimum absolute atomic E-state index is 0.0565. The van der Waals surface area contributed by atoms with Crippen molar-refractivity contribution in [3.63, 3.8) is 0 Å². The number of unbranched alkanes of at least 4 members (excludes halogenated alkanes) is 4. The van der Waals surface area contributed by atoms with Gasteiger partial charge in [-0.15, -0.1) is 0 Å². The fourth-order valence-corrected chi connectivity index (χ4v) is 3.06. The number of hydrogen-bond donors (Lipinski definition) is 0. The van der Waals surface area contributed by atoms with Crippen molar-refractivity contribution < 1.29 is 4.39 Å². The fraction of sp³-hybridized carbons (Fsp3) is 0.667. The van der Waals surface area contributed by atoms with Crippen LogP contribution >= 0.6 is 11.6 Å². The second-order valence-electron chi connectivity index (χ2n) is 6.10. The zero-order chi connectivity index (χ0) is 15.0. The van der Waals surface area contributed by atoms with Crippen LogP contribution in [0.4, 0.5) is 4.39 Å². The quantitative estimate of drug-likeness (QED) is 0.435. The van der Waals surface area contributed by atoms with E-state index in [4.69, 9.17) is 11.6 Å². The van der Waals surface area contributed by atoms with Gasteiger partial charge in [-0.3, -0.25) is 0 Å². The predicted molar refractivity (Wildman–Crippen MR) is 87.0 cm³/mol. The Morgan fingerprint density at radius 1 is 1.00 bits per heavy atom.